The Morgan fingerprint density at radius 1 is 1.10 bits per heavy atom. The van der Waals surface area contributed by atoms with E-state index in [0.29, 0.717) is 17.9 Å². The topological polar surface area (TPSA) is 85.9 Å². The van der Waals surface area contributed by atoms with E-state index in [9.17, 15) is 4.79 Å². The van der Waals surface area contributed by atoms with E-state index in [-0.39, 0.29) is 10.8 Å². The molecule has 2 saturated heterocycles. The highest BCUT2D eigenvalue weighted by molar-refractivity contribution is 7.80. The molecule has 2 aliphatic heterocycles. The van der Waals surface area contributed by atoms with Crippen molar-refractivity contribution >= 4 is 46.9 Å². The molecule has 1 amide bonds. The smallest absolute Gasteiger partial charge is 0.209 e. The fourth-order valence-electron chi connectivity index (χ4n) is 9.05. The number of thiol groups is 1. The van der Waals surface area contributed by atoms with Crippen LogP contribution in [0.3, 0.4) is 0 Å². The second kappa shape index (κ2) is 30.9. The van der Waals surface area contributed by atoms with Crippen LogP contribution in [0.15, 0.2) is 103 Å². The van der Waals surface area contributed by atoms with Crippen molar-refractivity contribution in [3.63, 3.8) is 0 Å². The van der Waals surface area contributed by atoms with Crippen molar-refractivity contribution in [3.8, 4) is 23.6 Å². The Morgan fingerprint density at radius 2 is 1.77 bits per heavy atom. The number of piperazine rings is 1. The summed E-state index contributed by atoms with van der Waals surface area (Å²) in [6.07, 6.45) is 22.4. The van der Waals surface area contributed by atoms with E-state index in [1.54, 1.807) is 22.3 Å². The molecule has 0 radical (unpaired) electrons. The number of terminal acetylenes is 1. The maximum absolute atomic E-state index is 10.4. The molecule has 70 heavy (non-hydrogen) atoms. The van der Waals surface area contributed by atoms with Crippen LogP contribution in [0.2, 0.25) is 0 Å². The molecule has 5 rings (SSSR count). The zero-order valence-corrected chi connectivity index (χ0v) is 47.3. The Bertz CT molecular complexity index is 2250. The van der Waals surface area contributed by atoms with E-state index in [1.807, 2.05) is 34.0 Å². The molecule has 9 nitrogen and oxygen atoms in total. The van der Waals surface area contributed by atoms with Crippen molar-refractivity contribution in [2.45, 2.75) is 139 Å². The Balaban J connectivity index is 0.000000571. The van der Waals surface area contributed by atoms with Gasteiger partial charge in [0.25, 0.3) is 0 Å². The van der Waals surface area contributed by atoms with E-state index in [1.165, 1.54) is 33.3 Å². The zero-order valence-electron chi connectivity index (χ0n) is 45.5. The molecule has 0 aliphatic carbocycles. The van der Waals surface area contributed by atoms with Crippen molar-refractivity contribution in [3.05, 3.63) is 120 Å². The van der Waals surface area contributed by atoms with Gasteiger partial charge in [0.1, 0.15) is 0 Å². The van der Waals surface area contributed by atoms with E-state index in [2.05, 4.69) is 167 Å². The maximum Gasteiger partial charge on any atom is 0.209 e. The third-order valence-electron chi connectivity index (χ3n) is 13.2. The zero-order chi connectivity index (χ0) is 52.7. The first-order valence-corrected chi connectivity index (χ1v) is 27.0. The monoisotopic (exact) mass is 993 g/mol. The van der Waals surface area contributed by atoms with Gasteiger partial charge in [0.2, 0.25) is 6.41 Å². The minimum Gasteiger partial charge on any atom is -0.401 e. The minimum atomic E-state index is 0.0495. The average Bonchev–Trinajstić information content (AvgIpc) is 3.94. The summed E-state index contributed by atoms with van der Waals surface area (Å²) >= 11 is 6.35. The van der Waals surface area contributed by atoms with Gasteiger partial charge in [0.15, 0.2) is 0 Å². The summed E-state index contributed by atoms with van der Waals surface area (Å²) < 4.78 is 2.52. The predicted octanol–water partition coefficient (Wildman–Crippen LogP) is 13.2. The number of aryl methyl sites for hydroxylation is 2. The van der Waals surface area contributed by atoms with Crippen LogP contribution in [0.1, 0.15) is 124 Å². The number of aromatic nitrogens is 2. The van der Waals surface area contributed by atoms with Gasteiger partial charge < -0.3 is 30.0 Å². The van der Waals surface area contributed by atoms with Gasteiger partial charge in [0, 0.05) is 91.0 Å². The lowest BCUT2D eigenvalue weighted by atomic mass is 9.79. The van der Waals surface area contributed by atoms with Gasteiger partial charge in [-0.2, -0.15) is 12.6 Å². The van der Waals surface area contributed by atoms with Crippen molar-refractivity contribution < 1.29 is 4.79 Å². The van der Waals surface area contributed by atoms with Crippen molar-refractivity contribution in [2.24, 2.45) is 23.0 Å². The number of carbonyl (C=O) groups excluding carboxylic acids is 1. The molecule has 386 valence electrons. The number of rotatable bonds is 21. The first-order chi connectivity index (χ1) is 33.3. The normalized spacial score (nSPS) is 16.2. The highest BCUT2D eigenvalue weighted by Gasteiger charge is 2.28. The number of amides is 1. The molecule has 0 saturated carbocycles. The molecule has 0 bridgehead atoms. The summed E-state index contributed by atoms with van der Waals surface area (Å²) in [5.74, 6) is 3.89. The third-order valence-corrected chi connectivity index (χ3v) is 14.5. The number of allylic oxidation sites excluding steroid dienone is 7. The fraction of sp³-hybridized carbons (Fsp3) is 0.525. The van der Waals surface area contributed by atoms with E-state index in [0.717, 1.165) is 130 Å². The number of fused-ring (bicyclic) bond motifs is 1. The Morgan fingerprint density at radius 3 is 2.29 bits per heavy atom. The fourth-order valence-corrected chi connectivity index (χ4v) is 10.2. The summed E-state index contributed by atoms with van der Waals surface area (Å²) in [6, 6.07) is 7.24. The molecule has 2 aliphatic rings. The second-order valence-corrected chi connectivity index (χ2v) is 21.1. The van der Waals surface area contributed by atoms with Gasteiger partial charge >= 0.3 is 0 Å². The number of hydrogen-bond acceptors (Lipinski definition) is 9. The average molecular weight is 994 g/mol. The number of carbonyl (C=O) groups is 1. The van der Waals surface area contributed by atoms with Crippen molar-refractivity contribution in [2.75, 3.05) is 46.8 Å². The lowest BCUT2D eigenvalue weighted by Crippen LogP contribution is -2.46. The summed E-state index contributed by atoms with van der Waals surface area (Å²) in [4.78, 5) is 21.5. The quantitative estimate of drug-likeness (QED) is 0.0424. The van der Waals surface area contributed by atoms with Crippen molar-refractivity contribution in [1.82, 2.24) is 34.7 Å². The molecule has 11 heteroatoms. The Hall–Kier alpha value is -4.73. The van der Waals surface area contributed by atoms with Crippen LogP contribution in [0, 0.1) is 29.6 Å². The van der Waals surface area contributed by atoms with E-state index >= 15 is 0 Å². The molecule has 2 fully saturated rings. The molecular formula is C59H92N8OS2. The van der Waals surface area contributed by atoms with Gasteiger partial charge in [0.05, 0.1) is 27.8 Å². The first kappa shape index (κ1) is 61.4. The predicted molar refractivity (Wildman–Crippen MR) is 311 cm³/mol. The lowest BCUT2D eigenvalue weighted by molar-refractivity contribution is -0.119. The molecule has 2 aromatic heterocycles. The van der Waals surface area contributed by atoms with Crippen LogP contribution < -0.4 is 11.2 Å². The second-order valence-electron chi connectivity index (χ2n) is 19.5. The third kappa shape index (κ3) is 18.1. The van der Waals surface area contributed by atoms with Crippen LogP contribution in [-0.4, -0.2) is 93.9 Å². The molecule has 3 aromatic rings. The summed E-state index contributed by atoms with van der Waals surface area (Å²) in [5, 5.41) is 7.03. The van der Waals surface area contributed by atoms with Gasteiger partial charge in [-0.3, -0.25) is 4.79 Å². The molecule has 0 spiro atoms. The Kier molecular flexibility index (Phi) is 27.1. The maximum atomic E-state index is 10.4. The number of benzene rings is 1. The molecule has 3 N–H and O–H groups in total. The van der Waals surface area contributed by atoms with Crippen LogP contribution in [0.5, 0.6) is 0 Å². The van der Waals surface area contributed by atoms with Gasteiger partial charge in [-0.15, -0.1) is 23.7 Å². The van der Waals surface area contributed by atoms with E-state index < -0.39 is 0 Å². The molecular weight excluding hydrogens is 901 g/mol. The SMILES string of the molecule is C#CCCC(C)(C)Cc1c(C(/C=C\C=C)=C(/C)C(C)CC)n(CC)c2ccc(-c3csc(CCC(=C)N4CCCC(S)N4)n3)cc12.C=C(N)C(C(C)C)N(C)C.C=CC(=C)N1CCN(C=O)CC1.CC. The number of nitrogens with two attached hydrogens (primary N) is 1. The molecule has 4 heterocycles. The van der Waals surface area contributed by atoms with Gasteiger partial charge in [-0.1, -0.05) is 118 Å². The number of likely N-dealkylation sites (N-methyl/N-ethyl adjacent to an activating group) is 1. The van der Waals surface area contributed by atoms with Gasteiger partial charge in [-0.25, -0.2) is 10.4 Å². The van der Waals surface area contributed by atoms with Crippen LogP contribution in [-0.2, 0) is 24.2 Å². The number of nitrogens with one attached hydrogen (secondary N) is 1. The molecule has 3 unspecified atom stereocenters. The molecule has 1 aromatic carbocycles. The van der Waals surface area contributed by atoms with Gasteiger partial charge in [-0.05, 0) is 113 Å². The number of hydrogen-bond donors (Lipinski definition) is 3. The lowest BCUT2D eigenvalue weighted by Gasteiger charge is -2.34. The van der Waals surface area contributed by atoms with E-state index in [4.69, 9.17) is 17.1 Å². The number of hydrazine groups is 1. The molecule has 3 atom stereocenters. The summed E-state index contributed by atoms with van der Waals surface area (Å²) in [7, 11) is 4.03. The largest absolute Gasteiger partial charge is 0.401 e. The first-order valence-electron chi connectivity index (χ1n) is 25.6. The van der Waals surface area contributed by atoms with Crippen LogP contribution >= 0.6 is 24.0 Å². The van der Waals surface area contributed by atoms with Crippen LogP contribution in [0.25, 0.3) is 27.7 Å². The Labute approximate surface area is 435 Å². The standard InChI is InChI=1S/C40H54N4S2.C9H14N2O.C8H18N2.C2H6/c1-10-14-17-32(30(7)28(5)12-3)39-34(26-40(8,9)23-15-11-2)33-25-31(20-21-36(33)43(39)13-4)35-27-46-38(41-35)22-19-29(6)44-24-16-18-37(45)42-44;1-3-9(2)11-6-4-10(8-12)5-7-11;1-6(2)8(7(3)9)10(4)5;1-2/h2,10,14,17,20-21,25,27-28,37,42,45H,1,6,12-13,15-16,18-19,22-24,26H2,3-5,7-9H3;3,8H,1-2,4-7H2;6,8H,3,9H2,1-2,4-5H3;1-2H3/b17-14-,32-30-;;;. The highest BCUT2D eigenvalue weighted by atomic mass is 32.1. The number of thiazole rings is 1. The van der Waals surface area contributed by atoms with Crippen molar-refractivity contribution in [1.29, 1.82) is 0 Å². The number of nitrogens with zero attached hydrogens (tertiary/aromatic N) is 6. The minimum absolute atomic E-state index is 0.0495. The highest BCUT2D eigenvalue weighted by Crippen LogP contribution is 2.41. The summed E-state index contributed by atoms with van der Waals surface area (Å²) in [5.41, 5.74) is 20.8. The van der Waals surface area contributed by atoms with Crippen LogP contribution in [0.4, 0.5) is 0 Å². The summed E-state index contributed by atoms with van der Waals surface area (Å²) in [6.45, 7) is 46.9.